The highest BCUT2D eigenvalue weighted by atomic mass is 16.6. The number of nitrogens with zero attached hydrogens (tertiary/aromatic N) is 1. The van der Waals surface area contributed by atoms with Crippen LogP contribution in [0.1, 0.15) is 31.9 Å². The van der Waals surface area contributed by atoms with Gasteiger partial charge in [-0.1, -0.05) is 12.1 Å². The molecule has 0 aliphatic rings. The Morgan fingerprint density at radius 2 is 1.86 bits per heavy atom. The summed E-state index contributed by atoms with van der Waals surface area (Å²) in [6.07, 6.45) is -0.436. The van der Waals surface area contributed by atoms with Gasteiger partial charge >= 0.3 is 12.1 Å². The number of hydrogen-bond donors (Lipinski definition) is 1. The van der Waals surface area contributed by atoms with Gasteiger partial charge in [0, 0.05) is 6.42 Å². The summed E-state index contributed by atoms with van der Waals surface area (Å²) in [5, 5.41) is 11.3. The Morgan fingerprint density at radius 3 is 2.32 bits per heavy atom. The van der Waals surface area contributed by atoms with Crippen LogP contribution in [0.3, 0.4) is 0 Å². The van der Waals surface area contributed by atoms with Gasteiger partial charge in [0.05, 0.1) is 18.7 Å². The van der Waals surface area contributed by atoms with Gasteiger partial charge in [0.1, 0.15) is 11.6 Å². The molecule has 0 heterocycles. The molecule has 1 atom stereocenters. The lowest BCUT2D eigenvalue weighted by atomic mass is 10.0. The summed E-state index contributed by atoms with van der Waals surface area (Å²) in [7, 11) is 1.25. The summed E-state index contributed by atoms with van der Waals surface area (Å²) >= 11 is 0. The van der Waals surface area contributed by atoms with Crippen molar-refractivity contribution >= 4 is 12.1 Å². The van der Waals surface area contributed by atoms with E-state index in [-0.39, 0.29) is 6.42 Å². The lowest BCUT2D eigenvalue weighted by Crippen LogP contribution is -2.45. The van der Waals surface area contributed by atoms with E-state index >= 15 is 0 Å². The fourth-order valence-corrected chi connectivity index (χ4v) is 1.74. The maximum atomic E-state index is 11.8. The van der Waals surface area contributed by atoms with Crippen LogP contribution in [0.5, 0.6) is 0 Å². The first kappa shape index (κ1) is 17.5. The molecule has 118 valence electrons. The normalized spacial score (nSPS) is 12.0. The van der Waals surface area contributed by atoms with Crippen molar-refractivity contribution in [3.05, 3.63) is 35.4 Å². The van der Waals surface area contributed by atoms with Crippen LogP contribution in [0, 0.1) is 11.3 Å². The first-order valence-electron chi connectivity index (χ1n) is 6.81. The fraction of sp³-hybridized carbons (Fsp3) is 0.438. The van der Waals surface area contributed by atoms with Crippen molar-refractivity contribution in [2.75, 3.05) is 7.11 Å². The first-order chi connectivity index (χ1) is 10.2. The molecule has 0 spiro atoms. The van der Waals surface area contributed by atoms with Gasteiger partial charge in [0.2, 0.25) is 0 Å². The van der Waals surface area contributed by atoms with Crippen molar-refractivity contribution < 1.29 is 19.1 Å². The molecule has 1 amide bonds. The molecule has 0 fully saturated rings. The van der Waals surface area contributed by atoms with E-state index in [4.69, 9.17) is 14.7 Å². The van der Waals surface area contributed by atoms with Crippen molar-refractivity contribution in [2.24, 2.45) is 0 Å². The zero-order valence-electron chi connectivity index (χ0n) is 13.2. The number of rotatable bonds is 4. The first-order valence-corrected chi connectivity index (χ1v) is 6.81. The van der Waals surface area contributed by atoms with Gasteiger partial charge in [0.25, 0.3) is 0 Å². The number of methoxy groups -OCH3 is 1. The Labute approximate surface area is 130 Å². The minimum Gasteiger partial charge on any atom is -0.467 e. The highest BCUT2D eigenvalue weighted by Gasteiger charge is 2.25. The van der Waals surface area contributed by atoms with Crippen LogP contribution in [0.4, 0.5) is 4.79 Å². The summed E-state index contributed by atoms with van der Waals surface area (Å²) in [4.78, 5) is 23.6. The van der Waals surface area contributed by atoms with Gasteiger partial charge in [-0.2, -0.15) is 5.26 Å². The molecule has 6 nitrogen and oxygen atoms in total. The molecule has 0 saturated heterocycles. The maximum absolute atomic E-state index is 11.8. The average molecular weight is 304 g/mol. The van der Waals surface area contributed by atoms with Crippen LogP contribution >= 0.6 is 0 Å². The number of carbonyl (C=O) groups is 2. The minimum absolute atomic E-state index is 0.248. The van der Waals surface area contributed by atoms with Crippen molar-refractivity contribution in [3.63, 3.8) is 0 Å². The molecule has 1 aromatic carbocycles. The van der Waals surface area contributed by atoms with Crippen LogP contribution in [0.25, 0.3) is 0 Å². The van der Waals surface area contributed by atoms with E-state index in [1.54, 1.807) is 45.0 Å². The molecule has 1 unspecified atom stereocenters. The summed E-state index contributed by atoms with van der Waals surface area (Å²) in [5.74, 6) is -0.560. The number of hydrogen-bond acceptors (Lipinski definition) is 5. The zero-order valence-corrected chi connectivity index (χ0v) is 13.2. The van der Waals surface area contributed by atoms with Gasteiger partial charge in [-0.05, 0) is 38.5 Å². The van der Waals surface area contributed by atoms with Crippen molar-refractivity contribution in [1.82, 2.24) is 5.32 Å². The third-order valence-electron chi connectivity index (χ3n) is 2.70. The highest BCUT2D eigenvalue weighted by molar-refractivity contribution is 5.81. The smallest absolute Gasteiger partial charge is 0.408 e. The zero-order chi connectivity index (χ0) is 16.8. The molecule has 0 saturated carbocycles. The Kier molecular flexibility index (Phi) is 5.93. The Morgan fingerprint density at radius 1 is 1.27 bits per heavy atom. The number of alkyl carbamates (subject to hydrolysis) is 1. The van der Waals surface area contributed by atoms with E-state index in [2.05, 4.69) is 5.32 Å². The Bertz CT molecular complexity index is 567. The Hall–Kier alpha value is -2.55. The number of benzene rings is 1. The molecule has 0 aromatic heterocycles. The number of ether oxygens (including phenoxy) is 2. The van der Waals surface area contributed by atoms with Crippen LogP contribution in [-0.4, -0.2) is 30.8 Å². The summed E-state index contributed by atoms with van der Waals surface area (Å²) in [6.45, 7) is 5.21. The van der Waals surface area contributed by atoms with Crippen molar-refractivity contribution in [1.29, 1.82) is 5.26 Å². The highest BCUT2D eigenvalue weighted by Crippen LogP contribution is 2.10. The fourth-order valence-electron chi connectivity index (χ4n) is 1.74. The third kappa shape index (κ3) is 5.83. The quantitative estimate of drug-likeness (QED) is 0.861. The Balaban J connectivity index is 2.78. The topological polar surface area (TPSA) is 88.4 Å². The van der Waals surface area contributed by atoms with Gasteiger partial charge in [-0.15, -0.1) is 0 Å². The predicted molar refractivity (Wildman–Crippen MR) is 80.0 cm³/mol. The largest absolute Gasteiger partial charge is 0.467 e. The molecule has 0 radical (unpaired) electrons. The standard InChI is InChI=1S/C16H20N2O4/c1-16(2,3)22-15(20)18-13(14(19)21-4)9-11-5-7-12(10-17)8-6-11/h5-8,13H,9H2,1-4H3,(H,18,20). The van der Waals surface area contributed by atoms with Gasteiger partial charge in [0.15, 0.2) is 0 Å². The van der Waals surface area contributed by atoms with Gasteiger partial charge < -0.3 is 14.8 Å². The molecule has 1 rings (SSSR count). The lowest BCUT2D eigenvalue weighted by molar-refractivity contribution is -0.143. The van der Waals surface area contributed by atoms with E-state index in [0.29, 0.717) is 5.56 Å². The van der Waals surface area contributed by atoms with Crippen LogP contribution in [0.15, 0.2) is 24.3 Å². The van der Waals surface area contributed by atoms with E-state index in [9.17, 15) is 9.59 Å². The number of esters is 1. The second-order valence-electron chi connectivity index (χ2n) is 5.73. The number of nitriles is 1. The summed E-state index contributed by atoms with van der Waals surface area (Å²) in [5.41, 5.74) is 0.670. The van der Waals surface area contributed by atoms with E-state index in [1.165, 1.54) is 7.11 Å². The summed E-state index contributed by atoms with van der Waals surface area (Å²) in [6, 6.07) is 7.92. The van der Waals surface area contributed by atoms with Crippen LogP contribution in [-0.2, 0) is 20.7 Å². The van der Waals surface area contributed by atoms with E-state index in [1.807, 2.05) is 6.07 Å². The molecule has 0 aliphatic heterocycles. The molecular formula is C16H20N2O4. The van der Waals surface area contributed by atoms with Crippen LogP contribution < -0.4 is 5.32 Å². The molecule has 6 heteroatoms. The maximum Gasteiger partial charge on any atom is 0.408 e. The molecular weight excluding hydrogens is 284 g/mol. The predicted octanol–water partition coefficient (Wildman–Crippen LogP) is 2.17. The molecule has 1 N–H and O–H groups in total. The second-order valence-corrected chi connectivity index (χ2v) is 5.73. The van der Waals surface area contributed by atoms with E-state index in [0.717, 1.165) is 5.56 Å². The van der Waals surface area contributed by atoms with Gasteiger partial charge in [-0.25, -0.2) is 9.59 Å². The van der Waals surface area contributed by atoms with E-state index < -0.39 is 23.7 Å². The lowest BCUT2D eigenvalue weighted by Gasteiger charge is -2.22. The SMILES string of the molecule is COC(=O)C(Cc1ccc(C#N)cc1)NC(=O)OC(C)(C)C. The number of carbonyl (C=O) groups excluding carboxylic acids is 2. The second kappa shape index (κ2) is 7.46. The minimum atomic E-state index is -0.854. The summed E-state index contributed by atoms with van der Waals surface area (Å²) < 4.78 is 9.84. The number of amides is 1. The molecule has 0 bridgehead atoms. The average Bonchev–Trinajstić information content (AvgIpc) is 2.44. The van der Waals surface area contributed by atoms with Gasteiger partial charge in [-0.3, -0.25) is 0 Å². The molecule has 22 heavy (non-hydrogen) atoms. The molecule has 1 aromatic rings. The van der Waals surface area contributed by atoms with Crippen molar-refractivity contribution in [2.45, 2.75) is 38.8 Å². The monoisotopic (exact) mass is 304 g/mol. The van der Waals surface area contributed by atoms with Crippen molar-refractivity contribution in [3.8, 4) is 6.07 Å². The third-order valence-corrected chi connectivity index (χ3v) is 2.70. The van der Waals surface area contributed by atoms with Crippen LogP contribution in [0.2, 0.25) is 0 Å². The molecule has 0 aliphatic carbocycles. The number of nitrogens with one attached hydrogen (secondary N) is 1.